The molecule has 0 radical (unpaired) electrons. The van der Waals surface area contributed by atoms with Gasteiger partial charge in [0.1, 0.15) is 12.7 Å². The van der Waals surface area contributed by atoms with Crippen molar-refractivity contribution < 1.29 is 9.47 Å². The Kier molecular flexibility index (Phi) is 2.94. The van der Waals surface area contributed by atoms with Crippen LogP contribution < -0.4 is 10.1 Å². The highest BCUT2D eigenvalue weighted by Crippen LogP contribution is 2.15. The number of hydrogen-bond acceptors (Lipinski definition) is 4. The summed E-state index contributed by atoms with van der Waals surface area (Å²) in [5.74, 6) is 0. The van der Waals surface area contributed by atoms with E-state index in [1.54, 1.807) is 0 Å². The third-order valence-electron chi connectivity index (χ3n) is 2.78. The molecular weight excluding hydrogens is 218 g/mol. The predicted octanol–water partition coefficient (Wildman–Crippen LogP) is 0.930. The number of nitrogens with one attached hydrogen (secondary N) is 2. The van der Waals surface area contributed by atoms with Gasteiger partial charge in [0.2, 0.25) is 0 Å². The van der Waals surface area contributed by atoms with E-state index in [0.29, 0.717) is 12.6 Å². The van der Waals surface area contributed by atoms with Crippen LogP contribution in [0.1, 0.15) is 0 Å². The molecule has 5 nitrogen and oxygen atoms in total. The zero-order valence-electron chi connectivity index (χ0n) is 9.48. The number of para-hydroxylation sites is 2. The number of morpholine rings is 1. The minimum absolute atomic E-state index is 0.108. The summed E-state index contributed by atoms with van der Waals surface area (Å²) >= 11 is 0. The maximum Gasteiger partial charge on any atom is 0.294 e. The number of imidazole rings is 1. The molecule has 1 saturated heterocycles. The van der Waals surface area contributed by atoms with Crippen molar-refractivity contribution in [3.05, 3.63) is 24.3 Å². The number of nitrogens with zero attached hydrogens (tertiary/aromatic N) is 1. The van der Waals surface area contributed by atoms with Gasteiger partial charge in [0, 0.05) is 13.1 Å². The standard InChI is InChI=1S/C12H15N3O2/c1-2-4-11-10(3-1)14-12(15-11)17-8-9-7-13-5-6-16-9/h1-4,9,13H,5-8H2,(H,14,15). The first-order chi connectivity index (χ1) is 8.42. The molecule has 1 atom stereocenters. The number of H-pyrrole nitrogens is 1. The van der Waals surface area contributed by atoms with Crippen LogP contribution >= 0.6 is 0 Å². The van der Waals surface area contributed by atoms with Crippen LogP contribution in [0.5, 0.6) is 6.01 Å². The van der Waals surface area contributed by atoms with Crippen LogP contribution in [0.2, 0.25) is 0 Å². The lowest BCUT2D eigenvalue weighted by molar-refractivity contribution is -0.00153. The molecule has 1 aromatic heterocycles. The normalized spacial score (nSPS) is 20.6. The molecule has 3 rings (SSSR count). The molecule has 1 unspecified atom stereocenters. The first-order valence-corrected chi connectivity index (χ1v) is 5.82. The Hall–Kier alpha value is -1.59. The summed E-state index contributed by atoms with van der Waals surface area (Å²) < 4.78 is 11.1. The van der Waals surface area contributed by atoms with Gasteiger partial charge in [-0.25, -0.2) is 0 Å². The third-order valence-corrected chi connectivity index (χ3v) is 2.78. The lowest BCUT2D eigenvalue weighted by atomic mass is 10.3. The molecule has 1 fully saturated rings. The second-order valence-corrected chi connectivity index (χ2v) is 4.07. The summed E-state index contributed by atoms with van der Waals surface area (Å²) in [6, 6.07) is 8.42. The Morgan fingerprint density at radius 1 is 1.41 bits per heavy atom. The third kappa shape index (κ3) is 2.40. The van der Waals surface area contributed by atoms with E-state index in [-0.39, 0.29) is 6.10 Å². The highest BCUT2D eigenvalue weighted by Gasteiger charge is 2.14. The smallest absolute Gasteiger partial charge is 0.294 e. The fraction of sp³-hybridized carbons (Fsp3) is 0.417. The predicted molar refractivity (Wildman–Crippen MR) is 64.2 cm³/mol. The van der Waals surface area contributed by atoms with Gasteiger partial charge in [0.15, 0.2) is 0 Å². The molecule has 0 bridgehead atoms. The molecule has 0 amide bonds. The molecule has 2 heterocycles. The highest BCUT2D eigenvalue weighted by molar-refractivity contribution is 5.75. The van der Waals surface area contributed by atoms with Gasteiger partial charge in [-0.15, -0.1) is 0 Å². The van der Waals surface area contributed by atoms with Crippen LogP contribution in [0.4, 0.5) is 0 Å². The number of fused-ring (bicyclic) bond motifs is 1. The number of hydrogen-bond donors (Lipinski definition) is 2. The van der Waals surface area contributed by atoms with Crippen molar-refractivity contribution in [2.45, 2.75) is 6.10 Å². The molecule has 1 aliphatic heterocycles. The van der Waals surface area contributed by atoms with Crippen molar-refractivity contribution in [1.82, 2.24) is 15.3 Å². The van der Waals surface area contributed by atoms with Gasteiger partial charge in [-0.2, -0.15) is 4.98 Å². The van der Waals surface area contributed by atoms with E-state index in [0.717, 1.165) is 30.7 Å². The van der Waals surface area contributed by atoms with Crippen LogP contribution in [0.15, 0.2) is 24.3 Å². The Bertz CT molecular complexity index is 458. The van der Waals surface area contributed by atoms with E-state index in [1.165, 1.54) is 0 Å². The molecule has 0 saturated carbocycles. The maximum absolute atomic E-state index is 5.60. The second kappa shape index (κ2) is 4.73. The van der Waals surface area contributed by atoms with Crippen LogP contribution in [0.3, 0.4) is 0 Å². The van der Waals surface area contributed by atoms with Crippen molar-refractivity contribution in [3.63, 3.8) is 0 Å². The summed E-state index contributed by atoms with van der Waals surface area (Å²) in [4.78, 5) is 7.47. The first kappa shape index (κ1) is 10.6. The van der Waals surface area contributed by atoms with Gasteiger partial charge in [-0.3, -0.25) is 0 Å². The van der Waals surface area contributed by atoms with E-state index >= 15 is 0 Å². The summed E-state index contributed by atoms with van der Waals surface area (Å²) in [6.07, 6.45) is 0.108. The fourth-order valence-electron chi connectivity index (χ4n) is 1.90. The number of benzene rings is 1. The molecule has 2 N–H and O–H groups in total. The van der Waals surface area contributed by atoms with Gasteiger partial charge >= 0.3 is 0 Å². The Morgan fingerprint density at radius 2 is 2.35 bits per heavy atom. The van der Waals surface area contributed by atoms with E-state index < -0.39 is 0 Å². The number of rotatable bonds is 3. The molecular formula is C12H15N3O2. The average Bonchev–Trinajstić information content (AvgIpc) is 2.80. The molecule has 2 aromatic rings. The first-order valence-electron chi connectivity index (χ1n) is 5.82. The molecule has 1 aliphatic rings. The molecule has 1 aromatic carbocycles. The summed E-state index contributed by atoms with van der Waals surface area (Å²) in [7, 11) is 0. The molecule has 17 heavy (non-hydrogen) atoms. The van der Waals surface area contributed by atoms with Gasteiger partial charge in [-0.05, 0) is 12.1 Å². The highest BCUT2D eigenvalue weighted by atomic mass is 16.5. The van der Waals surface area contributed by atoms with Crippen LogP contribution in [-0.2, 0) is 4.74 Å². The zero-order valence-corrected chi connectivity index (χ0v) is 9.48. The van der Waals surface area contributed by atoms with Crippen LogP contribution in [0.25, 0.3) is 11.0 Å². The average molecular weight is 233 g/mol. The van der Waals surface area contributed by atoms with Crippen LogP contribution in [-0.4, -0.2) is 42.4 Å². The molecule has 0 spiro atoms. The number of ether oxygens (including phenoxy) is 2. The topological polar surface area (TPSA) is 59.2 Å². The molecule has 0 aliphatic carbocycles. The largest absolute Gasteiger partial charge is 0.462 e. The maximum atomic E-state index is 5.60. The van der Waals surface area contributed by atoms with Gasteiger partial charge in [-0.1, -0.05) is 12.1 Å². The van der Waals surface area contributed by atoms with Crippen molar-refractivity contribution in [3.8, 4) is 6.01 Å². The van der Waals surface area contributed by atoms with Crippen molar-refractivity contribution in [1.29, 1.82) is 0 Å². The van der Waals surface area contributed by atoms with Crippen LogP contribution in [0, 0.1) is 0 Å². The quantitative estimate of drug-likeness (QED) is 0.828. The van der Waals surface area contributed by atoms with Crippen molar-refractivity contribution in [2.24, 2.45) is 0 Å². The number of aromatic amines is 1. The summed E-state index contributed by atoms with van der Waals surface area (Å²) in [6.45, 7) is 3.02. The zero-order chi connectivity index (χ0) is 11.5. The molecule has 5 heteroatoms. The summed E-state index contributed by atoms with van der Waals surface area (Å²) in [5, 5.41) is 3.26. The van der Waals surface area contributed by atoms with Crippen molar-refractivity contribution >= 4 is 11.0 Å². The number of aromatic nitrogens is 2. The van der Waals surface area contributed by atoms with E-state index in [4.69, 9.17) is 9.47 Å². The lowest BCUT2D eigenvalue weighted by Crippen LogP contribution is -2.41. The monoisotopic (exact) mass is 233 g/mol. The van der Waals surface area contributed by atoms with E-state index in [9.17, 15) is 0 Å². The Balaban J connectivity index is 1.64. The Morgan fingerprint density at radius 3 is 3.18 bits per heavy atom. The molecule has 90 valence electrons. The van der Waals surface area contributed by atoms with E-state index in [1.807, 2.05) is 24.3 Å². The van der Waals surface area contributed by atoms with Crippen molar-refractivity contribution in [2.75, 3.05) is 26.3 Å². The SMILES string of the molecule is c1ccc2[nH]c(OCC3CNCCO3)nc2c1. The Labute approximate surface area is 99.1 Å². The van der Waals surface area contributed by atoms with Gasteiger partial charge < -0.3 is 19.8 Å². The fourth-order valence-corrected chi connectivity index (χ4v) is 1.90. The second-order valence-electron chi connectivity index (χ2n) is 4.07. The van der Waals surface area contributed by atoms with Gasteiger partial charge in [0.25, 0.3) is 6.01 Å². The van der Waals surface area contributed by atoms with E-state index in [2.05, 4.69) is 15.3 Å². The minimum Gasteiger partial charge on any atom is -0.462 e. The lowest BCUT2D eigenvalue weighted by Gasteiger charge is -2.22. The van der Waals surface area contributed by atoms with Gasteiger partial charge in [0.05, 0.1) is 17.6 Å². The minimum atomic E-state index is 0.108. The summed E-state index contributed by atoms with van der Waals surface area (Å²) in [5.41, 5.74) is 1.91.